The fraction of sp³-hybridized carbons (Fsp3) is 0.600. The minimum Gasteiger partial charge on any atom is -0.481 e. The lowest BCUT2D eigenvalue weighted by Crippen LogP contribution is -2.38. The van der Waals surface area contributed by atoms with Crippen LogP contribution in [0.2, 0.25) is 0 Å². The Hall–Kier alpha value is -1.98. The van der Waals surface area contributed by atoms with Gasteiger partial charge in [0.25, 0.3) is 0 Å². The molecule has 116 valence electrons. The van der Waals surface area contributed by atoms with Gasteiger partial charge in [0.05, 0.1) is 12.5 Å². The molecule has 1 aliphatic rings. The highest BCUT2D eigenvalue weighted by Crippen LogP contribution is 2.28. The molecule has 1 aromatic heterocycles. The Bertz CT molecular complexity index is 490. The normalized spacial score (nSPS) is 21.8. The van der Waals surface area contributed by atoms with Crippen molar-refractivity contribution in [3.63, 3.8) is 0 Å². The summed E-state index contributed by atoms with van der Waals surface area (Å²) in [4.78, 5) is 22.5. The van der Waals surface area contributed by atoms with Gasteiger partial charge in [-0.15, -0.1) is 0 Å². The Morgan fingerprint density at radius 1 is 1.24 bits per heavy atom. The smallest absolute Gasteiger partial charge is 0.315 e. The number of carboxylic acids is 1. The molecule has 1 saturated carbocycles. The Labute approximate surface area is 123 Å². The van der Waals surface area contributed by atoms with Crippen LogP contribution in [0.1, 0.15) is 37.2 Å². The number of furan rings is 1. The third-order valence-electron chi connectivity index (χ3n) is 3.97. The van der Waals surface area contributed by atoms with Gasteiger partial charge >= 0.3 is 12.0 Å². The maximum Gasteiger partial charge on any atom is 0.315 e. The van der Waals surface area contributed by atoms with Crippen LogP contribution < -0.4 is 10.6 Å². The number of aryl methyl sites for hydroxylation is 1. The number of rotatable bonds is 5. The average molecular weight is 294 g/mol. The van der Waals surface area contributed by atoms with Crippen molar-refractivity contribution in [2.24, 2.45) is 11.8 Å². The summed E-state index contributed by atoms with van der Waals surface area (Å²) >= 11 is 0. The summed E-state index contributed by atoms with van der Waals surface area (Å²) in [5.74, 6) is 1.01. The molecular weight excluding hydrogens is 272 g/mol. The standard InChI is InChI=1S/C15H22N2O4/c1-10-2-7-13(21-10)9-17-15(20)16-8-11-3-5-12(6-4-11)14(18)19/h2,7,11-12H,3-6,8-9H2,1H3,(H,18,19)(H2,16,17,20). The molecule has 1 heterocycles. The van der Waals surface area contributed by atoms with E-state index < -0.39 is 5.97 Å². The number of hydrogen-bond donors (Lipinski definition) is 3. The van der Waals surface area contributed by atoms with Crippen LogP contribution in [0.4, 0.5) is 4.79 Å². The fourth-order valence-electron chi connectivity index (χ4n) is 2.66. The van der Waals surface area contributed by atoms with Crippen LogP contribution in [-0.4, -0.2) is 23.7 Å². The number of carboxylic acid groups (broad SMARTS) is 1. The number of urea groups is 1. The Morgan fingerprint density at radius 2 is 1.95 bits per heavy atom. The highest BCUT2D eigenvalue weighted by Gasteiger charge is 2.25. The van der Waals surface area contributed by atoms with Crippen LogP contribution in [-0.2, 0) is 11.3 Å². The van der Waals surface area contributed by atoms with Gasteiger partial charge in [0, 0.05) is 6.54 Å². The van der Waals surface area contributed by atoms with Gasteiger partial charge in [0.2, 0.25) is 0 Å². The van der Waals surface area contributed by atoms with E-state index in [4.69, 9.17) is 9.52 Å². The SMILES string of the molecule is Cc1ccc(CNC(=O)NCC2CCC(C(=O)O)CC2)o1. The lowest BCUT2D eigenvalue weighted by atomic mass is 9.82. The third-order valence-corrected chi connectivity index (χ3v) is 3.97. The lowest BCUT2D eigenvalue weighted by Gasteiger charge is -2.26. The molecular formula is C15H22N2O4. The molecule has 0 unspecified atom stereocenters. The van der Waals surface area contributed by atoms with Crippen LogP contribution in [0.15, 0.2) is 16.5 Å². The monoisotopic (exact) mass is 294 g/mol. The van der Waals surface area contributed by atoms with Gasteiger partial charge in [0.1, 0.15) is 11.5 Å². The molecule has 6 heteroatoms. The van der Waals surface area contributed by atoms with Gasteiger partial charge in [0.15, 0.2) is 0 Å². The Balaban J connectivity index is 1.62. The number of aliphatic carboxylic acids is 1. The Kier molecular flexibility index (Phi) is 5.25. The molecule has 0 spiro atoms. The molecule has 0 saturated heterocycles. The average Bonchev–Trinajstić information content (AvgIpc) is 2.89. The van der Waals surface area contributed by atoms with Crippen molar-refractivity contribution in [3.05, 3.63) is 23.7 Å². The number of carbonyl (C=O) groups is 2. The van der Waals surface area contributed by atoms with Gasteiger partial charge < -0.3 is 20.2 Å². The molecule has 0 atom stereocenters. The predicted molar refractivity (Wildman–Crippen MR) is 76.8 cm³/mol. The largest absolute Gasteiger partial charge is 0.481 e. The molecule has 0 radical (unpaired) electrons. The van der Waals surface area contributed by atoms with Crippen LogP contribution in [0.3, 0.4) is 0 Å². The van der Waals surface area contributed by atoms with Crippen molar-refractivity contribution in [3.8, 4) is 0 Å². The summed E-state index contributed by atoms with van der Waals surface area (Å²) in [6.07, 6.45) is 3.12. The molecule has 1 aliphatic carbocycles. The Morgan fingerprint density at radius 3 is 2.52 bits per heavy atom. The van der Waals surface area contributed by atoms with Crippen molar-refractivity contribution < 1.29 is 19.1 Å². The van der Waals surface area contributed by atoms with Gasteiger partial charge in [-0.25, -0.2) is 4.79 Å². The second kappa shape index (κ2) is 7.15. The van der Waals surface area contributed by atoms with Crippen LogP contribution in [0.5, 0.6) is 0 Å². The molecule has 21 heavy (non-hydrogen) atoms. The number of hydrogen-bond acceptors (Lipinski definition) is 3. The quantitative estimate of drug-likeness (QED) is 0.777. The molecule has 6 nitrogen and oxygen atoms in total. The van der Waals surface area contributed by atoms with E-state index in [0.29, 0.717) is 31.8 Å². The molecule has 0 aliphatic heterocycles. The molecule has 0 bridgehead atoms. The number of amides is 2. The van der Waals surface area contributed by atoms with Crippen LogP contribution >= 0.6 is 0 Å². The summed E-state index contributed by atoms with van der Waals surface area (Å²) in [6.45, 7) is 2.82. The highest BCUT2D eigenvalue weighted by atomic mass is 16.4. The fourth-order valence-corrected chi connectivity index (χ4v) is 2.66. The van der Waals surface area contributed by atoms with Gasteiger partial charge in [-0.2, -0.15) is 0 Å². The van der Waals surface area contributed by atoms with Crippen LogP contribution in [0.25, 0.3) is 0 Å². The minimum atomic E-state index is -0.701. The van der Waals surface area contributed by atoms with E-state index in [1.165, 1.54) is 0 Å². The second-order valence-electron chi connectivity index (χ2n) is 5.63. The summed E-state index contributed by atoms with van der Waals surface area (Å²) in [7, 11) is 0. The maximum atomic E-state index is 11.7. The maximum absolute atomic E-state index is 11.7. The zero-order valence-corrected chi connectivity index (χ0v) is 12.2. The summed E-state index contributed by atoms with van der Waals surface area (Å²) in [5, 5.41) is 14.5. The van der Waals surface area contributed by atoms with Gasteiger partial charge in [-0.3, -0.25) is 4.79 Å². The van der Waals surface area contributed by atoms with Crippen molar-refractivity contribution in [1.82, 2.24) is 10.6 Å². The topological polar surface area (TPSA) is 91.6 Å². The summed E-state index contributed by atoms with van der Waals surface area (Å²) in [5.41, 5.74) is 0. The molecule has 1 aromatic rings. The molecule has 3 N–H and O–H groups in total. The molecule has 2 amide bonds. The van der Waals surface area contributed by atoms with Crippen molar-refractivity contribution in [2.45, 2.75) is 39.2 Å². The summed E-state index contributed by atoms with van der Waals surface area (Å²) < 4.78 is 5.36. The molecule has 2 rings (SSSR count). The third kappa shape index (κ3) is 4.81. The first-order valence-electron chi connectivity index (χ1n) is 7.34. The number of carbonyl (C=O) groups excluding carboxylic acids is 1. The van der Waals surface area contributed by atoms with E-state index in [9.17, 15) is 9.59 Å². The van der Waals surface area contributed by atoms with E-state index >= 15 is 0 Å². The predicted octanol–water partition coefficient (Wildman–Crippen LogP) is 2.28. The van der Waals surface area contributed by atoms with Gasteiger partial charge in [-0.05, 0) is 50.7 Å². The van der Waals surface area contributed by atoms with E-state index in [1.54, 1.807) is 0 Å². The molecule has 1 fully saturated rings. The van der Waals surface area contributed by atoms with Crippen molar-refractivity contribution in [2.75, 3.05) is 6.54 Å². The van der Waals surface area contributed by atoms with Crippen molar-refractivity contribution in [1.29, 1.82) is 0 Å². The van der Waals surface area contributed by atoms with Gasteiger partial charge in [-0.1, -0.05) is 0 Å². The first-order valence-corrected chi connectivity index (χ1v) is 7.34. The van der Waals surface area contributed by atoms with E-state index in [0.717, 1.165) is 24.4 Å². The first-order chi connectivity index (χ1) is 10.0. The van der Waals surface area contributed by atoms with Crippen LogP contribution in [0, 0.1) is 18.8 Å². The zero-order valence-electron chi connectivity index (χ0n) is 12.2. The highest BCUT2D eigenvalue weighted by molar-refractivity contribution is 5.73. The van der Waals surface area contributed by atoms with E-state index in [1.807, 2.05) is 19.1 Å². The molecule has 0 aromatic carbocycles. The zero-order chi connectivity index (χ0) is 15.2. The lowest BCUT2D eigenvalue weighted by molar-refractivity contribution is -0.143. The summed E-state index contributed by atoms with van der Waals surface area (Å²) in [6, 6.07) is 3.47. The number of nitrogens with one attached hydrogen (secondary N) is 2. The first kappa shape index (κ1) is 15.4. The minimum absolute atomic E-state index is 0.211. The van der Waals surface area contributed by atoms with E-state index in [2.05, 4.69) is 10.6 Å². The second-order valence-corrected chi connectivity index (χ2v) is 5.63. The van der Waals surface area contributed by atoms with E-state index in [-0.39, 0.29) is 11.9 Å². The van der Waals surface area contributed by atoms with Crippen molar-refractivity contribution >= 4 is 12.0 Å².